The van der Waals surface area contributed by atoms with Crippen molar-refractivity contribution >= 4 is 11.7 Å². The first kappa shape index (κ1) is 18.7. The number of carbonyl (C=O) groups is 2. The smallest absolute Gasteiger partial charge is 0.223 e. The van der Waals surface area contributed by atoms with Crippen LogP contribution in [0.3, 0.4) is 0 Å². The summed E-state index contributed by atoms with van der Waals surface area (Å²) in [5, 5.41) is 3.02. The van der Waals surface area contributed by atoms with Crippen LogP contribution < -0.4 is 10.1 Å². The van der Waals surface area contributed by atoms with Crippen LogP contribution in [0.4, 0.5) is 4.39 Å². The van der Waals surface area contributed by atoms with Crippen molar-refractivity contribution in [3.8, 4) is 11.5 Å². The molecule has 146 valence electrons. The Morgan fingerprint density at radius 2 is 1.54 bits per heavy atom. The second-order valence-electron chi connectivity index (χ2n) is 7.81. The Morgan fingerprint density at radius 1 is 0.964 bits per heavy atom. The summed E-state index contributed by atoms with van der Waals surface area (Å²) >= 11 is 0. The molecule has 0 radical (unpaired) electrons. The van der Waals surface area contributed by atoms with Gasteiger partial charge in [0.15, 0.2) is 0 Å². The molecule has 2 aromatic rings. The summed E-state index contributed by atoms with van der Waals surface area (Å²) in [6.45, 7) is 0.454. The van der Waals surface area contributed by atoms with E-state index in [9.17, 15) is 14.0 Å². The Kier molecular flexibility index (Phi) is 5.42. The Labute approximate surface area is 164 Å². The van der Waals surface area contributed by atoms with Gasteiger partial charge >= 0.3 is 0 Å². The number of benzene rings is 2. The predicted octanol–water partition coefficient (Wildman–Crippen LogP) is 4.63. The number of halogens is 1. The van der Waals surface area contributed by atoms with E-state index in [-0.39, 0.29) is 29.5 Å². The zero-order chi connectivity index (χ0) is 19.5. The first-order chi connectivity index (χ1) is 13.6. The Morgan fingerprint density at radius 3 is 2.14 bits per heavy atom. The molecule has 1 N–H and O–H groups in total. The molecule has 2 aliphatic rings. The number of ether oxygens (including phenoxy) is 1. The zero-order valence-corrected chi connectivity index (χ0v) is 15.7. The van der Waals surface area contributed by atoms with Gasteiger partial charge in [-0.05, 0) is 67.6 Å². The zero-order valence-electron chi connectivity index (χ0n) is 15.7. The predicted molar refractivity (Wildman–Crippen MR) is 103 cm³/mol. The molecule has 0 spiro atoms. The second-order valence-corrected chi connectivity index (χ2v) is 7.81. The van der Waals surface area contributed by atoms with E-state index in [1.807, 2.05) is 24.3 Å². The third kappa shape index (κ3) is 4.24. The van der Waals surface area contributed by atoms with Gasteiger partial charge in [-0.1, -0.05) is 18.6 Å². The summed E-state index contributed by atoms with van der Waals surface area (Å²) in [5.74, 6) is 1.49. The van der Waals surface area contributed by atoms with E-state index in [0.29, 0.717) is 36.7 Å². The molecule has 2 unspecified atom stereocenters. The number of hydrogen-bond donors (Lipinski definition) is 1. The van der Waals surface area contributed by atoms with Crippen molar-refractivity contribution in [3.63, 3.8) is 0 Å². The SMILES string of the molecule is O=C(NCc1ccc(Oc2ccc(F)cc2)cc1)C1CC2CCCC(C1)C2=O. The van der Waals surface area contributed by atoms with Crippen LogP contribution in [0, 0.1) is 23.6 Å². The maximum absolute atomic E-state index is 12.9. The van der Waals surface area contributed by atoms with Gasteiger partial charge in [0.2, 0.25) is 5.91 Å². The summed E-state index contributed by atoms with van der Waals surface area (Å²) in [6, 6.07) is 13.3. The van der Waals surface area contributed by atoms with Gasteiger partial charge in [0.25, 0.3) is 0 Å². The van der Waals surface area contributed by atoms with Crippen LogP contribution in [0.5, 0.6) is 11.5 Å². The lowest BCUT2D eigenvalue weighted by atomic mass is 9.67. The van der Waals surface area contributed by atoms with E-state index in [0.717, 1.165) is 24.8 Å². The molecule has 2 aliphatic carbocycles. The molecule has 2 fully saturated rings. The highest BCUT2D eigenvalue weighted by atomic mass is 19.1. The highest BCUT2D eigenvalue weighted by Gasteiger charge is 2.41. The van der Waals surface area contributed by atoms with Crippen molar-refractivity contribution in [2.24, 2.45) is 17.8 Å². The van der Waals surface area contributed by atoms with E-state index < -0.39 is 0 Å². The van der Waals surface area contributed by atoms with Crippen molar-refractivity contribution < 1.29 is 18.7 Å². The molecule has 1 amide bonds. The lowest BCUT2D eigenvalue weighted by Gasteiger charge is -2.36. The van der Waals surface area contributed by atoms with Crippen molar-refractivity contribution in [1.29, 1.82) is 0 Å². The van der Waals surface area contributed by atoms with Crippen LogP contribution in [0.2, 0.25) is 0 Å². The van der Waals surface area contributed by atoms with E-state index in [1.54, 1.807) is 12.1 Å². The van der Waals surface area contributed by atoms with Crippen LogP contribution in [0.15, 0.2) is 48.5 Å². The first-order valence-corrected chi connectivity index (χ1v) is 9.92. The fourth-order valence-corrected chi connectivity index (χ4v) is 4.34. The number of nitrogens with one attached hydrogen (secondary N) is 1. The minimum absolute atomic E-state index is 0.0471. The van der Waals surface area contributed by atoms with Gasteiger partial charge in [0.05, 0.1) is 0 Å². The molecule has 0 aliphatic heterocycles. The van der Waals surface area contributed by atoms with Crippen LogP contribution in [-0.2, 0) is 16.1 Å². The second kappa shape index (κ2) is 8.13. The number of hydrogen-bond acceptors (Lipinski definition) is 3. The molecule has 28 heavy (non-hydrogen) atoms. The van der Waals surface area contributed by atoms with Crippen LogP contribution >= 0.6 is 0 Å². The highest BCUT2D eigenvalue weighted by molar-refractivity contribution is 5.88. The van der Waals surface area contributed by atoms with Crippen molar-refractivity contribution in [3.05, 3.63) is 59.9 Å². The fourth-order valence-electron chi connectivity index (χ4n) is 4.34. The Bertz CT molecular complexity index is 831. The Balaban J connectivity index is 1.29. The van der Waals surface area contributed by atoms with Gasteiger partial charge in [-0.3, -0.25) is 9.59 Å². The Hall–Kier alpha value is -2.69. The van der Waals surface area contributed by atoms with Crippen molar-refractivity contribution in [1.82, 2.24) is 5.32 Å². The standard InChI is InChI=1S/C23H24FNO3/c24-19-6-10-21(11-7-19)28-20-8-4-15(5-9-20)14-25-23(27)18-12-16-2-1-3-17(13-18)22(16)26/h4-11,16-18H,1-3,12-14H2,(H,25,27). The number of ketones is 1. The summed E-state index contributed by atoms with van der Waals surface area (Å²) in [7, 11) is 0. The van der Waals surface area contributed by atoms with Gasteiger partial charge in [0.1, 0.15) is 23.1 Å². The topological polar surface area (TPSA) is 55.4 Å². The van der Waals surface area contributed by atoms with E-state index in [2.05, 4.69) is 5.32 Å². The van der Waals surface area contributed by atoms with E-state index in [4.69, 9.17) is 4.74 Å². The van der Waals surface area contributed by atoms with Crippen molar-refractivity contribution in [2.75, 3.05) is 0 Å². The fraction of sp³-hybridized carbons (Fsp3) is 0.391. The lowest BCUT2D eigenvalue weighted by molar-refractivity contribution is -0.137. The largest absolute Gasteiger partial charge is 0.457 e. The van der Waals surface area contributed by atoms with Gasteiger partial charge in [-0.2, -0.15) is 0 Å². The van der Waals surface area contributed by atoms with Gasteiger partial charge in [-0.15, -0.1) is 0 Å². The molecule has 4 rings (SSSR count). The molecule has 2 aromatic carbocycles. The maximum atomic E-state index is 12.9. The minimum atomic E-state index is -0.301. The minimum Gasteiger partial charge on any atom is -0.457 e. The van der Waals surface area contributed by atoms with Gasteiger partial charge in [-0.25, -0.2) is 4.39 Å². The maximum Gasteiger partial charge on any atom is 0.223 e. The van der Waals surface area contributed by atoms with Crippen LogP contribution in [0.1, 0.15) is 37.7 Å². The summed E-state index contributed by atoms with van der Waals surface area (Å²) in [5.41, 5.74) is 0.979. The summed E-state index contributed by atoms with van der Waals surface area (Å²) in [4.78, 5) is 24.7. The molecule has 0 aromatic heterocycles. The average molecular weight is 381 g/mol. The van der Waals surface area contributed by atoms with Crippen LogP contribution in [0.25, 0.3) is 0 Å². The number of Topliss-reactive ketones (excluding diaryl/α,β-unsaturated/α-hetero) is 1. The monoisotopic (exact) mass is 381 g/mol. The highest BCUT2D eigenvalue weighted by Crippen LogP contribution is 2.40. The van der Waals surface area contributed by atoms with Crippen molar-refractivity contribution in [2.45, 2.75) is 38.6 Å². The molecule has 0 heterocycles. The van der Waals surface area contributed by atoms with E-state index in [1.165, 1.54) is 12.1 Å². The van der Waals surface area contributed by atoms with Gasteiger partial charge < -0.3 is 10.1 Å². The molecular weight excluding hydrogens is 357 g/mol. The average Bonchev–Trinajstić information content (AvgIpc) is 2.69. The number of amides is 1. The molecule has 2 atom stereocenters. The number of rotatable bonds is 5. The summed E-state index contributed by atoms with van der Waals surface area (Å²) < 4.78 is 18.6. The summed E-state index contributed by atoms with van der Waals surface area (Å²) in [6.07, 6.45) is 4.39. The molecule has 5 heteroatoms. The number of fused-ring (bicyclic) bond motifs is 2. The van der Waals surface area contributed by atoms with Gasteiger partial charge in [0, 0.05) is 24.3 Å². The third-order valence-corrected chi connectivity index (χ3v) is 5.86. The first-order valence-electron chi connectivity index (χ1n) is 9.92. The molecule has 4 nitrogen and oxygen atoms in total. The number of carbonyl (C=O) groups excluding carboxylic acids is 2. The molecule has 0 saturated heterocycles. The molecule has 2 bridgehead atoms. The lowest BCUT2D eigenvalue weighted by Crippen LogP contribution is -2.42. The quantitative estimate of drug-likeness (QED) is 0.822. The molecular formula is C23H24FNO3. The normalized spacial score (nSPS) is 23.9. The molecule has 2 saturated carbocycles. The van der Waals surface area contributed by atoms with Crippen LogP contribution in [-0.4, -0.2) is 11.7 Å². The van der Waals surface area contributed by atoms with E-state index >= 15 is 0 Å². The third-order valence-electron chi connectivity index (χ3n) is 5.86.